The van der Waals surface area contributed by atoms with E-state index in [1.54, 1.807) is 6.20 Å². The Bertz CT molecular complexity index is 1140. The van der Waals surface area contributed by atoms with Gasteiger partial charge in [0.05, 0.1) is 22.9 Å². The first-order valence-corrected chi connectivity index (χ1v) is 9.81. The van der Waals surface area contributed by atoms with Crippen LogP contribution in [-0.4, -0.2) is 27.5 Å². The van der Waals surface area contributed by atoms with Gasteiger partial charge in [0.1, 0.15) is 16.5 Å². The van der Waals surface area contributed by atoms with Gasteiger partial charge in [-0.25, -0.2) is 15.0 Å². The highest BCUT2D eigenvalue weighted by Crippen LogP contribution is 2.33. The number of hydrogen-bond acceptors (Lipinski definition) is 6. The van der Waals surface area contributed by atoms with E-state index in [0.717, 1.165) is 21.5 Å². The fraction of sp³-hybridized carbons (Fsp3) is 0.143. The normalized spacial score (nSPS) is 15.6. The molecule has 0 aliphatic carbocycles. The zero-order valence-corrected chi connectivity index (χ0v) is 15.6. The lowest BCUT2D eigenvalue weighted by molar-refractivity contribution is 0.0920. The molecule has 28 heavy (non-hydrogen) atoms. The van der Waals surface area contributed by atoms with E-state index in [0.29, 0.717) is 23.7 Å². The number of nitrogens with one attached hydrogen (secondary N) is 1. The second-order valence-corrected chi connectivity index (χ2v) is 7.47. The number of rotatable bonds is 3. The Labute approximate surface area is 165 Å². The van der Waals surface area contributed by atoms with E-state index in [4.69, 9.17) is 4.74 Å². The number of fused-ring (bicyclic) bond motifs is 2. The van der Waals surface area contributed by atoms with E-state index >= 15 is 0 Å². The van der Waals surface area contributed by atoms with E-state index in [1.807, 2.05) is 48.5 Å². The number of hydrogen-bond donors (Lipinski definition) is 1. The van der Waals surface area contributed by atoms with Crippen LogP contribution in [0.5, 0.6) is 5.75 Å². The first kappa shape index (κ1) is 16.8. The maximum absolute atomic E-state index is 13.1. The van der Waals surface area contributed by atoms with E-state index in [2.05, 4.69) is 20.3 Å². The number of nitrogens with zero attached hydrogens (tertiary/aromatic N) is 3. The van der Waals surface area contributed by atoms with Crippen LogP contribution in [0, 0.1) is 0 Å². The molecule has 1 atom stereocenters. The summed E-state index contributed by atoms with van der Waals surface area (Å²) in [5.74, 6) is 0.550. The molecule has 0 fully saturated rings. The third-order valence-electron chi connectivity index (χ3n) is 4.67. The highest BCUT2D eigenvalue weighted by molar-refractivity contribution is 7.21. The zero-order chi connectivity index (χ0) is 18.9. The molecule has 4 aromatic rings. The maximum Gasteiger partial charge on any atom is 0.272 e. The number of ether oxygens (including phenoxy) is 1. The Morgan fingerprint density at radius 2 is 1.89 bits per heavy atom. The molecule has 0 radical (unpaired) electrons. The third-order valence-corrected chi connectivity index (χ3v) is 5.72. The standard InChI is InChI=1S/C21H16N4O2S/c26-20(24-14-9-12-27-16-7-3-1-5-13(14)16)18-19(23-11-10-22-18)21-25-15-6-2-4-8-17(15)28-21/h1-8,10-11,14H,9,12H2,(H,24,26). The largest absolute Gasteiger partial charge is 0.493 e. The minimum absolute atomic E-state index is 0.123. The van der Waals surface area contributed by atoms with Crippen molar-refractivity contribution in [1.82, 2.24) is 20.3 Å². The summed E-state index contributed by atoms with van der Waals surface area (Å²) >= 11 is 1.50. The lowest BCUT2D eigenvalue weighted by Gasteiger charge is -2.26. The number of thiazole rings is 1. The molecule has 2 aromatic heterocycles. The molecule has 1 aliphatic rings. The van der Waals surface area contributed by atoms with Crippen LogP contribution in [0.2, 0.25) is 0 Å². The quantitative estimate of drug-likeness (QED) is 0.574. The van der Waals surface area contributed by atoms with Gasteiger partial charge in [-0.2, -0.15) is 0 Å². The second-order valence-electron chi connectivity index (χ2n) is 6.44. The molecule has 2 aromatic carbocycles. The predicted octanol–water partition coefficient (Wildman–Crippen LogP) is 4.01. The Kier molecular flexibility index (Phi) is 4.21. The van der Waals surface area contributed by atoms with Gasteiger partial charge >= 0.3 is 0 Å². The molecule has 1 aliphatic heterocycles. The van der Waals surface area contributed by atoms with Gasteiger partial charge in [-0.3, -0.25) is 4.79 Å². The molecule has 0 bridgehead atoms. The van der Waals surface area contributed by atoms with Crippen molar-refractivity contribution in [2.24, 2.45) is 0 Å². The number of carbonyl (C=O) groups excluding carboxylic acids is 1. The minimum Gasteiger partial charge on any atom is -0.493 e. The van der Waals surface area contributed by atoms with Crippen LogP contribution in [0.3, 0.4) is 0 Å². The zero-order valence-electron chi connectivity index (χ0n) is 14.8. The second kappa shape index (κ2) is 7.01. The van der Waals surface area contributed by atoms with Crippen LogP contribution in [0.1, 0.15) is 28.5 Å². The maximum atomic E-state index is 13.1. The average Bonchev–Trinajstić information content (AvgIpc) is 3.18. The summed E-state index contributed by atoms with van der Waals surface area (Å²) in [5.41, 5.74) is 2.65. The SMILES string of the molecule is O=C(NC1CCOc2ccccc21)c1nccnc1-c1nc2ccccc2s1. The Balaban J connectivity index is 1.48. The van der Waals surface area contributed by atoms with Crippen molar-refractivity contribution in [2.45, 2.75) is 12.5 Å². The number of para-hydroxylation sites is 2. The molecule has 1 N–H and O–H groups in total. The molecule has 5 rings (SSSR count). The van der Waals surface area contributed by atoms with Crippen LogP contribution in [-0.2, 0) is 0 Å². The van der Waals surface area contributed by atoms with Gasteiger partial charge in [-0.1, -0.05) is 30.3 Å². The van der Waals surface area contributed by atoms with Crippen molar-refractivity contribution in [1.29, 1.82) is 0 Å². The van der Waals surface area contributed by atoms with Gasteiger partial charge in [0.15, 0.2) is 5.69 Å². The van der Waals surface area contributed by atoms with Crippen LogP contribution >= 0.6 is 11.3 Å². The molecule has 0 saturated carbocycles. The first-order chi connectivity index (χ1) is 13.8. The van der Waals surface area contributed by atoms with E-state index in [1.165, 1.54) is 17.5 Å². The fourth-order valence-electron chi connectivity index (χ4n) is 3.35. The minimum atomic E-state index is -0.260. The van der Waals surface area contributed by atoms with Gasteiger partial charge in [0.2, 0.25) is 0 Å². The lowest BCUT2D eigenvalue weighted by atomic mass is 10.0. The molecule has 6 nitrogen and oxygen atoms in total. The molecular formula is C21H16N4O2S. The summed E-state index contributed by atoms with van der Waals surface area (Å²) in [6.45, 7) is 0.563. The Hall–Kier alpha value is -3.32. The summed E-state index contributed by atoms with van der Waals surface area (Å²) in [5, 5.41) is 3.78. The van der Waals surface area contributed by atoms with Crippen molar-refractivity contribution in [3.05, 3.63) is 72.2 Å². The number of amides is 1. The summed E-state index contributed by atoms with van der Waals surface area (Å²) in [6.07, 6.45) is 3.82. The van der Waals surface area contributed by atoms with Gasteiger partial charge in [-0.05, 0) is 18.2 Å². The highest BCUT2D eigenvalue weighted by Gasteiger charge is 2.26. The van der Waals surface area contributed by atoms with Gasteiger partial charge in [0, 0.05) is 24.4 Å². The summed E-state index contributed by atoms with van der Waals surface area (Å²) < 4.78 is 6.73. The summed E-state index contributed by atoms with van der Waals surface area (Å²) in [4.78, 5) is 26.4. The van der Waals surface area contributed by atoms with Crippen molar-refractivity contribution >= 4 is 27.5 Å². The number of carbonyl (C=O) groups is 1. The number of aromatic nitrogens is 3. The molecule has 1 unspecified atom stereocenters. The third kappa shape index (κ3) is 2.99. The van der Waals surface area contributed by atoms with Crippen LogP contribution in [0.25, 0.3) is 20.9 Å². The summed E-state index contributed by atoms with van der Waals surface area (Å²) in [7, 11) is 0. The molecular weight excluding hydrogens is 372 g/mol. The molecule has 3 heterocycles. The van der Waals surface area contributed by atoms with E-state index in [-0.39, 0.29) is 17.6 Å². The lowest BCUT2D eigenvalue weighted by Crippen LogP contribution is -2.33. The van der Waals surface area contributed by atoms with Crippen molar-refractivity contribution in [3.63, 3.8) is 0 Å². The first-order valence-electron chi connectivity index (χ1n) is 8.99. The molecule has 7 heteroatoms. The van der Waals surface area contributed by atoms with E-state index < -0.39 is 0 Å². The smallest absolute Gasteiger partial charge is 0.272 e. The van der Waals surface area contributed by atoms with Gasteiger partial charge in [0.25, 0.3) is 5.91 Å². The fourth-order valence-corrected chi connectivity index (χ4v) is 4.32. The van der Waals surface area contributed by atoms with Crippen molar-refractivity contribution in [2.75, 3.05) is 6.61 Å². The van der Waals surface area contributed by atoms with Crippen LogP contribution < -0.4 is 10.1 Å². The average molecular weight is 388 g/mol. The van der Waals surface area contributed by atoms with Crippen molar-refractivity contribution < 1.29 is 9.53 Å². The topological polar surface area (TPSA) is 77.0 Å². The predicted molar refractivity (Wildman–Crippen MR) is 107 cm³/mol. The number of benzene rings is 2. The van der Waals surface area contributed by atoms with Gasteiger partial charge < -0.3 is 10.1 Å². The van der Waals surface area contributed by atoms with E-state index in [9.17, 15) is 4.79 Å². The van der Waals surface area contributed by atoms with Crippen molar-refractivity contribution in [3.8, 4) is 16.5 Å². The molecule has 0 spiro atoms. The highest BCUT2D eigenvalue weighted by atomic mass is 32.1. The molecule has 138 valence electrons. The Morgan fingerprint density at radius 1 is 1.07 bits per heavy atom. The molecule has 0 saturated heterocycles. The molecule has 1 amide bonds. The van der Waals surface area contributed by atoms with Gasteiger partial charge in [-0.15, -0.1) is 11.3 Å². The Morgan fingerprint density at radius 3 is 2.82 bits per heavy atom. The summed E-state index contributed by atoms with van der Waals surface area (Å²) in [6, 6.07) is 15.5. The monoisotopic (exact) mass is 388 g/mol. The van der Waals surface area contributed by atoms with Crippen LogP contribution in [0.15, 0.2) is 60.9 Å². The van der Waals surface area contributed by atoms with Crippen LogP contribution in [0.4, 0.5) is 0 Å².